The van der Waals surface area contributed by atoms with Gasteiger partial charge in [0.2, 0.25) is 0 Å². The number of hydrogen-bond donors (Lipinski definition) is 0. The van der Waals surface area contributed by atoms with E-state index in [1.165, 1.54) is 7.11 Å². The first kappa shape index (κ1) is 23.1. The van der Waals surface area contributed by atoms with Crippen LogP contribution in [-0.4, -0.2) is 36.3 Å². The molecule has 0 aliphatic carbocycles. The predicted octanol–water partition coefficient (Wildman–Crippen LogP) is 5.15. The van der Waals surface area contributed by atoms with Gasteiger partial charge < -0.3 is 18.8 Å². The van der Waals surface area contributed by atoms with Gasteiger partial charge in [0, 0.05) is 16.6 Å². The minimum atomic E-state index is -0.672. The van der Waals surface area contributed by atoms with Gasteiger partial charge >= 0.3 is 11.9 Å². The van der Waals surface area contributed by atoms with Crippen LogP contribution in [0, 0.1) is 13.8 Å². The van der Waals surface area contributed by atoms with Gasteiger partial charge in [0.05, 0.1) is 18.7 Å². The Morgan fingerprint density at radius 3 is 2.41 bits per heavy atom. The van der Waals surface area contributed by atoms with Crippen molar-refractivity contribution in [3.63, 3.8) is 0 Å². The Morgan fingerprint density at radius 2 is 1.78 bits per heavy atom. The lowest BCUT2D eigenvalue weighted by atomic mass is 10.1. The van der Waals surface area contributed by atoms with Crippen LogP contribution in [-0.2, 0) is 14.3 Å². The first-order valence-electron chi connectivity index (χ1n) is 10.5. The van der Waals surface area contributed by atoms with Crippen LogP contribution in [0.3, 0.4) is 0 Å². The van der Waals surface area contributed by atoms with Gasteiger partial charge in [0.25, 0.3) is 0 Å². The van der Waals surface area contributed by atoms with Gasteiger partial charge in [-0.15, -0.1) is 0 Å². The van der Waals surface area contributed by atoms with Crippen molar-refractivity contribution >= 4 is 22.8 Å². The van der Waals surface area contributed by atoms with Gasteiger partial charge in [-0.2, -0.15) is 0 Å². The third kappa shape index (κ3) is 4.54. The normalized spacial score (nSPS) is 12.8. The summed E-state index contributed by atoms with van der Waals surface area (Å²) >= 11 is 0. The quantitative estimate of drug-likeness (QED) is 0.362. The third-order valence-electron chi connectivity index (χ3n) is 5.73. The molecule has 168 valence electrons. The molecule has 1 heterocycles. The largest absolute Gasteiger partial charge is 0.479 e. The molecule has 0 saturated heterocycles. The summed E-state index contributed by atoms with van der Waals surface area (Å²) < 4.78 is 17.8. The van der Waals surface area contributed by atoms with Crippen molar-refractivity contribution in [3.05, 3.63) is 77.5 Å². The average molecular weight is 436 g/mol. The molecule has 32 heavy (non-hydrogen) atoms. The van der Waals surface area contributed by atoms with Crippen LogP contribution < -0.4 is 4.74 Å². The lowest BCUT2D eigenvalue weighted by molar-refractivity contribution is -0.147. The molecule has 6 nitrogen and oxygen atoms in total. The number of carbonyl (C=O) groups excluding carboxylic acids is 2. The van der Waals surface area contributed by atoms with Crippen LogP contribution in [0.5, 0.6) is 5.75 Å². The number of nitrogens with zero attached hydrogens (tertiary/aromatic N) is 1. The van der Waals surface area contributed by atoms with Crippen molar-refractivity contribution in [2.24, 2.45) is 0 Å². The fraction of sp³-hybridized carbons (Fsp3) is 0.308. The maximum Gasteiger partial charge on any atom is 0.346 e. The second-order valence-electron chi connectivity index (χ2n) is 7.73. The zero-order valence-electron chi connectivity index (χ0n) is 19.2. The van der Waals surface area contributed by atoms with E-state index < -0.39 is 12.1 Å². The zero-order valence-corrected chi connectivity index (χ0v) is 19.2. The molecule has 1 unspecified atom stereocenters. The minimum absolute atomic E-state index is 0.0526. The Morgan fingerprint density at radius 1 is 1.09 bits per heavy atom. The van der Waals surface area contributed by atoms with E-state index in [1.807, 2.05) is 36.4 Å². The lowest BCUT2D eigenvalue weighted by Gasteiger charge is -2.19. The molecule has 0 N–H and O–H groups in total. The summed E-state index contributed by atoms with van der Waals surface area (Å²) in [5.41, 5.74) is 4.92. The molecule has 3 rings (SSSR count). The molecule has 2 atom stereocenters. The fourth-order valence-electron chi connectivity index (χ4n) is 3.84. The monoisotopic (exact) mass is 435 g/mol. The van der Waals surface area contributed by atoms with Crippen molar-refractivity contribution in [2.75, 3.05) is 13.7 Å². The number of benzene rings is 2. The van der Waals surface area contributed by atoms with Crippen LogP contribution in [0.25, 0.3) is 10.9 Å². The van der Waals surface area contributed by atoms with Gasteiger partial charge in [-0.05, 0) is 69.2 Å². The van der Waals surface area contributed by atoms with Crippen molar-refractivity contribution in [1.82, 2.24) is 4.57 Å². The Bertz CT molecular complexity index is 1140. The van der Waals surface area contributed by atoms with E-state index in [0.717, 1.165) is 27.7 Å². The van der Waals surface area contributed by atoms with Crippen molar-refractivity contribution < 1.29 is 23.8 Å². The highest BCUT2D eigenvalue weighted by Gasteiger charge is 2.19. The maximum absolute atomic E-state index is 12.3. The highest BCUT2D eigenvalue weighted by atomic mass is 16.6. The van der Waals surface area contributed by atoms with Crippen LogP contribution >= 0.6 is 0 Å². The van der Waals surface area contributed by atoms with Crippen LogP contribution in [0.4, 0.5) is 0 Å². The third-order valence-corrected chi connectivity index (χ3v) is 5.73. The first-order chi connectivity index (χ1) is 15.3. The number of aromatic nitrogens is 1. The second-order valence-corrected chi connectivity index (χ2v) is 7.73. The number of carbonyl (C=O) groups is 2. The SMILES string of the molecule is C=CCOC(=O)c1ccc2c(c1)c(C)c(C)n2C(C)c1ccc(O[C@@H](C)C(=O)OC)cc1. The first-order valence-corrected chi connectivity index (χ1v) is 10.5. The number of aryl methyl sites for hydroxylation is 1. The molecular weight excluding hydrogens is 406 g/mol. The summed E-state index contributed by atoms with van der Waals surface area (Å²) in [6, 6.07) is 13.4. The number of methoxy groups -OCH3 is 1. The molecule has 0 aliphatic heterocycles. The summed E-state index contributed by atoms with van der Waals surface area (Å²) in [7, 11) is 1.34. The van der Waals surface area contributed by atoms with E-state index in [0.29, 0.717) is 11.3 Å². The van der Waals surface area contributed by atoms with Gasteiger partial charge in [0.15, 0.2) is 6.10 Å². The van der Waals surface area contributed by atoms with Crippen molar-refractivity contribution in [2.45, 2.75) is 39.8 Å². The van der Waals surface area contributed by atoms with Gasteiger partial charge in [0.1, 0.15) is 12.4 Å². The van der Waals surface area contributed by atoms with E-state index in [2.05, 4.69) is 31.9 Å². The Hall–Kier alpha value is -3.54. The average Bonchev–Trinajstić information content (AvgIpc) is 3.06. The van der Waals surface area contributed by atoms with E-state index in [1.54, 1.807) is 19.1 Å². The molecular formula is C26H29NO5. The van der Waals surface area contributed by atoms with Gasteiger partial charge in [-0.25, -0.2) is 9.59 Å². The highest BCUT2D eigenvalue weighted by Crippen LogP contribution is 2.32. The number of esters is 2. The number of fused-ring (bicyclic) bond motifs is 1. The van der Waals surface area contributed by atoms with Gasteiger partial charge in [-0.3, -0.25) is 0 Å². The highest BCUT2D eigenvalue weighted by molar-refractivity contribution is 5.96. The maximum atomic E-state index is 12.3. The summed E-state index contributed by atoms with van der Waals surface area (Å²) in [5, 5.41) is 1.02. The summed E-state index contributed by atoms with van der Waals surface area (Å²) in [5.74, 6) is -0.173. The van der Waals surface area contributed by atoms with Gasteiger partial charge in [-0.1, -0.05) is 24.8 Å². The van der Waals surface area contributed by atoms with E-state index in [9.17, 15) is 9.59 Å². The predicted molar refractivity (Wildman–Crippen MR) is 124 cm³/mol. The molecule has 0 saturated carbocycles. The molecule has 6 heteroatoms. The Labute approximate surface area is 188 Å². The van der Waals surface area contributed by atoms with Crippen LogP contribution in [0.1, 0.15) is 47.1 Å². The number of rotatable bonds is 8. The summed E-state index contributed by atoms with van der Waals surface area (Å²) in [6.45, 7) is 11.7. The summed E-state index contributed by atoms with van der Waals surface area (Å²) in [4.78, 5) is 23.8. The molecule has 0 fully saturated rings. The fourth-order valence-corrected chi connectivity index (χ4v) is 3.84. The van der Waals surface area contributed by atoms with E-state index in [4.69, 9.17) is 14.2 Å². The Kier molecular flexibility index (Phi) is 7.03. The summed E-state index contributed by atoms with van der Waals surface area (Å²) in [6.07, 6.45) is 0.880. The van der Waals surface area contributed by atoms with Crippen LogP contribution in [0.15, 0.2) is 55.1 Å². The zero-order chi connectivity index (χ0) is 23.4. The number of hydrogen-bond acceptors (Lipinski definition) is 5. The van der Waals surface area contributed by atoms with Crippen molar-refractivity contribution in [3.8, 4) is 5.75 Å². The molecule has 0 amide bonds. The second kappa shape index (κ2) is 9.73. The Balaban J connectivity index is 1.90. The number of ether oxygens (including phenoxy) is 3. The molecule has 3 aromatic rings. The molecule has 0 radical (unpaired) electrons. The topological polar surface area (TPSA) is 66.8 Å². The van der Waals surface area contributed by atoms with Crippen LogP contribution in [0.2, 0.25) is 0 Å². The molecule has 1 aromatic heterocycles. The van der Waals surface area contributed by atoms with E-state index in [-0.39, 0.29) is 18.6 Å². The standard InChI is InChI=1S/C26H29NO5/c1-7-14-31-26(29)21-10-13-24-23(15-21)16(2)17(3)27(24)18(4)20-8-11-22(12-9-20)32-19(5)25(28)30-6/h7-13,15,18-19H,1,14H2,2-6H3/t18?,19-/m0/s1. The molecule has 2 aromatic carbocycles. The lowest BCUT2D eigenvalue weighted by Crippen LogP contribution is -2.24. The molecule has 0 spiro atoms. The van der Waals surface area contributed by atoms with E-state index >= 15 is 0 Å². The van der Waals surface area contributed by atoms with Crippen molar-refractivity contribution in [1.29, 1.82) is 0 Å². The molecule has 0 aliphatic rings. The minimum Gasteiger partial charge on any atom is -0.479 e. The smallest absolute Gasteiger partial charge is 0.346 e. The molecule has 0 bridgehead atoms.